The van der Waals surface area contributed by atoms with Gasteiger partial charge >= 0.3 is 30.9 Å². The van der Waals surface area contributed by atoms with Crippen molar-refractivity contribution >= 4 is 35.5 Å². The average Bonchev–Trinajstić information content (AvgIpc) is 3.26. The number of carbonyl (C=O) groups excluding carboxylic acids is 2. The summed E-state index contributed by atoms with van der Waals surface area (Å²) in [6.45, 7) is 4.63. The van der Waals surface area contributed by atoms with Gasteiger partial charge in [0, 0.05) is 16.2 Å². The minimum atomic E-state index is -5.79. The van der Waals surface area contributed by atoms with Crippen LogP contribution in [0.25, 0.3) is 11.3 Å². The maximum absolute atomic E-state index is 14.4. The largest absolute Gasteiger partial charge is 0.427 e. The van der Waals surface area contributed by atoms with Crippen LogP contribution < -0.4 is 5.69 Å². The van der Waals surface area contributed by atoms with E-state index in [1.807, 2.05) is 30.3 Å². The first kappa shape index (κ1) is 34.0. The molecule has 4 aromatic rings. The molecule has 0 fully saturated rings. The summed E-state index contributed by atoms with van der Waals surface area (Å²) in [5, 5.41) is 0. The van der Waals surface area contributed by atoms with Crippen LogP contribution in [0.4, 0.5) is 8.78 Å². The van der Waals surface area contributed by atoms with Crippen molar-refractivity contribution in [1.82, 2.24) is 9.13 Å². The Bertz CT molecular complexity index is 1810. The molecule has 0 aliphatic heterocycles. The summed E-state index contributed by atoms with van der Waals surface area (Å²) >= 11 is 2.99. The van der Waals surface area contributed by atoms with Crippen LogP contribution in [0.1, 0.15) is 47.8 Å². The van der Waals surface area contributed by atoms with Gasteiger partial charge in [-0.2, -0.15) is 8.78 Å². The Morgan fingerprint density at radius 2 is 1.56 bits per heavy atom. The number of ether oxygens (including phenoxy) is 2. The second-order valence-corrected chi connectivity index (χ2v) is 13.7. The van der Waals surface area contributed by atoms with Crippen molar-refractivity contribution in [3.63, 3.8) is 0 Å². The molecule has 45 heavy (non-hydrogen) atoms. The number of esters is 2. The Balaban J connectivity index is 1.64. The number of halogens is 3. The summed E-state index contributed by atoms with van der Waals surface area (Å²) in [6.07, 6.45) is 1.64. The highest BCUT2D eigenvalue weighted by molar-refractivity contribution is 9.10. The predicted octanol–water partition coefficient (Wildman–Crippen LogP) is 6.11. The maximum atomic E-state index is 14.4. The summed E-state index contributed by atoms with van der Waals surface area (Å²) in [5.74, 6) is -1.25. The van der Waals surface area contributed by atoms with Crippen LogP contribution in [0.5, 0.6) is 0 Å². The van der Waals surface area contributed by atoms with E-state index in [-0.39, 0.29) is 23.1 Å². The second kappa shape index (κ2) is 13.2. The molecule has 10 nitrogen and oxygen atoms in total. The van der Waals surface area contributed by atoms with Gasteiger partial charge in [0.1, 0.15) is 0 Å². The zero-order chi connectivity index (χ0) is 33.2. The quantitative estimate of drug-likeness (QED) is 0.115. The molecule has 1 aromatic heterocycles. The molecular weight excluding hydrogens is 677 g/mol. The van der Waals surface area contributed by atoms with Gasteiger partial charge in [0.05, 0.1) is 29.8 Å². The minimum absolute atomic E-state index is 0.0702. The summed E-state index contributed by atoms with van der Waals surface area (Å²) in [6, 6.07) is 18.9. The molecule has 3 aromatic carbocycles. The summed E-state index contributed by atoms with van der Waals surface area (Å²) in [7, 11) is -5.79. The summed E-state index contributed by atoms with van der Waals surface area (Å²) < 4.78 is 52.8. The second-order valence-electron chi connectivity index (χ2n) is 11.2. The van der Waals surface area contributed by atoms with Crippen molar-refractivity contribution in [2.75, 3.05) is 6.79 Å². The molecule has 4 rings (SSSR count). The van der Waals surface area contributed by atoms with E-state index in [0.29, 0.717) is 16.8 Å². The molecule has 0 bridgehead atoms. The van der Waals surface area contributed by atoms with Gasteiger partial charge in [-0.25, -0.2) is 9.59 Å². The number of alkyl halides is 2. The third-order valence-electron chi connectivity index (χ3n) is 6.71. The van der Waals surface area contributed by atoms with E-state index in [0.717, 1.165) is 11.6 Å². The topological polar surface area (TPSA) is 137 Å². The van der Waals surface area contributed by atoms with Crippen LogP contribution in [0, 0.1) is 5.41 Å². The van der Waals surface area contributed by atoms with Crippen molar-refractivity contribution in [3.8, 4) is 11.3 Å². The van der Waals surface area contributed by atoms with Crippen molar-refractivity contribution < 1.29 is 42.2 Å². The van der Waals surface area contributed by atoms with Crippen LogP contribution in [0.2, 0.25) is 0 Å². The number of benzene rings is 3. The Kier molecular flexibility index (Phi) is 9.98. The van der Waals surface area contributed by atoms with Crippen molar-refractivity contribution in [3.05, 3.63) is 116 Å². The number of carbonyl (C=O) groups is 2. The molecule has 0 atom stereocenters. The van der Waals surface area contributed by atoms with E-state index in [1.165, 1.54) is 33.4 Å². The molecule has 1 heterocycles. The van der Waals surface area contributed by atoms with Crippen molar-refractivity contribution in [2.45, 2.75) is 39.5 Å². The lowest BCUT2D eigenvalue weighted by Crippen LogP contribution is -2.25. The van der Waals surface area contributed by atoms with E-state index in [1.54, 1.807) is 39.1 Å². The van der Waals surface area contributed by atoms with E-state index < -0.39 is 48.7 Å². The Morgan fingerprint density at radius 1 is 0.911 bits per heavy atom. The monoisotopic (exact) mass is 706 g/mol. The van der Waals surface area contributed by atoms with E-state index in [9.17, 15) is 27.7 Å². The smallest absolute Gasteiger partial charge is 0.399 e. The number of nitrogens with zero attached hydrogens (tertiary/aromatic N) is 2. The van der Waals surface area contributed by atoms with E-state index >= 15 is 0 Å². The maximum Gasteiger partial charge on any atom is 0.399 e. The highest BCUT2D eigenvalue weighted by Gasteiger charge is 2.51. The van der Waals surface area contributed by atoms with Gasteiger partial charge in [-0.05, 0) is 55.7 Å². The molecule has 0 unspecified atom stereocenters. The highest BCUT2D eigenvalue weighted by Crippen LogP contribution is 2.60. The molecule has 0 aliphatic carbocycles. The first-order valence-corrected chi connectivity index (χ1v) is 15.9. The molecular formula is C31H30BrF2N2O8P. The molecule has 2 N–H and O–H groups in total. The number of imidazole rings is 1. The SMILES string of the molecule is CC(C)(C)C(=O)OCOC(=O)c1ccc(-c2cn(Cc3ccccc3)c(=O)n2Cc2ccc(C(F)(F)P(=O)(O)O)c(Br)c2)cc1. The van der Waals surface area contributed by atoms with Gasteiger partial charge < -0.3 is 19.3 Å². The lowest BCUT2D eigenvalue weighted by atomic mass is 9.98. The standard InChI is InChI=1S/C31H30BrF2N2O8P/c1-30(2,3)28(38)44-19-43-27(37)23-12-10-22(11-13-23)26-18-35(16-20-7-5-4-6-8-20)29(39)36(26)17-21-9-14-24(25(32)15-21)31(33,34)45(40,41)42/h4-15,18H,16-17,19H2,1-3H3,(H2,40,41,42). The molecule has 0 saturated carbocycles. The minimum Gasteiger partial charge on any atom is -0.427 e. The van der Waals surface area contributed by atoms with Crippen LogP contribution in [-0.4, -0.2) is 37.7 Å². The first-order valence-electron chi connectivity index (χ1n) is 13.5. The number of hydrogen-bond donors (Lipinski definition) is 2. The fourth-order valence-electron chi connectivity index (χ4n) is 4.26. The lowest BCUT2D eigenvalue weighted by molar-refractivity contribution is -0.161. The molecule has 238 valence electrons. The van der Waals surface area contributed by atoms with Gasteiger partial charge in [0.15, 0.2) is 0 Å². The van der Waals surface area contributed by atoms with Gasteiger partial charge in [-0.1, -0.05) is 70.5 Å². The Labute approximate surface area is 265 Å². The zero-order valence-corrected chi connectivity index (χ0v) is 26.9. The third-order valence-corrected chi connectivity index (χ3v) is 8.34. The van der Waals surface area contributed by atoms with Gasteiger partial charge in [0.2, 0.25) is 6.79 Å². The normalized spacial score (nSPS) is 12.2. The molecule has 14 heteroatoms. The Morgan fingerprint density at radius 3 is 2.13 bits per heavy atom. The number of aromatic nitrogens is 2. The summed E-state index contributed by atoms with van der Waals surface area (Å²) in [4.78, 5) is 56.3. The van der Waals surface area contributed by atoms with E-state index in [2.05, 4.69) is 15.9 Å². The predicted molar refractivity (Wildman–Crippen MR) is 165 cm³/mol. The number of rotatable bonds is 10. The summed E-state index contributed by atoms with van der Waals surface area (Å²) in [5.41, 5.74) is -4.01. The van der Waals surface area contributed by atoms with Crippen LogP contribution in [0.15, 0.2) is 88.3 Å². The van der Waals surface area contributed by atoms with Crippen LogP contribution in [0.3, 0.4) is 0 Å². The molecule has 0 radical (unpaired) electrons. The van der Waals surface area contributed by atoms with E-state index in [4.69, 9.17) is 19.3 Å². The third kappa shape index (κ3) is 7.85. The fourth-order valence-corrected chi connectivity index (χ4v) is 5.60. The first-order chi connectivity index (χ1) is 21.0. The van der Waals surface area contributed by atoms with Crippen LogP contribution in [-0.2, 0) is 37.6 Å². The molecule has 0 spiro atoms. The fraction of sp³-hybridized carbons (Fsp3) is 0.258. The van der Waals surface area contributed by atoms with Gasteiger partial charge in [-0.15, -0.1) is 0 Å². The molecule has 0 amide bonds. The molecule has 0 aliphatic rings. The lowest BCUT2D eigenvalue weighted by Gasteiger charge is -2.19. The zero-order valence-electron chi connectivity index (χ0n) is 24.4. The Hall–Kier alpha value is -3.90. The van der Waals surface area contributed by atoms with Crippen molar-refractivity contribution in [1.29, 1.82) is 0 Å². The van der Waals surface area contributed by atoms with Crippen molar-refractivity contribution in [2.24, 2.45) is 5.41 Å². The average molecular weight is 707 g/mol. The van der Waals surface area contributed by atoms with Crippen LogP contribution >= 0.6 is 23.5 Å². The molecule has 0 saturated heterocycles. The highest BCUT2D eigenvalue weighted by atomic mass is 79.9. The number of hydrogen-bond acceptors (Lipinski definition) is 6. The van der Waals surface area contributed by atoms with Gasteiger partial charge in [0.25, 0.3) is 0 Å². The van der Waals surface area contributed by atoms with Gasteiger partial charge in [-0.3, -0.25) is 18.5 Å².